The number of hydrogen-bond donors (Lipinski definition) is 1. The number of hydrogen-bond acceptors (Lipinski definition) is 4. The molecule has 0 aliphatic rings. The molecule has 2 rings (SSSR count). The number of nitrogens with zero attached hydrogens (tertiary/aromatic N) is 3. The fourth-order valence-corrected chi connectivity index (χ4v) is 1.75. The molecule has 1 aromatic carbocycles. The molecule has 21 heavy (non-hydrogen) atoms. The van der Waals surface area contributed by atoms with Crippen LogP contribution in [0, 0.1) is 10.1 Å². The van der Waals surface area contributed by atoms with E-state index in [9.17, 15) is 23.3 Å². The highest BCUT2D eigenvalue weighted by Gasteiger charge is 2.29. The number of alkyl halides is 3. The summed E-state index contributed by atoms with van der Waals surface area (Å²) >= 11 is 0. The monoisotopic (exact) mass is 300 g/mol. The molecular formula is C12H11F3N4O2. The zero-order chi connectivity index (χ0) is 15.6. The van der Waals surface area contributed by atoms with E-state index in [0.717, 1.165) is 12.1 Å². The van der Waals surface area contributed by atoms with Crippen molar-refractivity contribution in [2.45, 2.75) is 12.7 Å². The standard InChI is InChI=1S/C12H11F3N4O2/c1-18-7-17-11(19(20)21)10(18)16-6-8-2-4-9(5-3-8)12(13,14)15/h2-5,7,16H,6H2,1H3. The third-order valence-corrected chi connectivity index (χ3v) is 2.83. The lowest BCUT2D eigenvalue weighted by Gasteiger charge is -2.09. The lowest BCUT2D eigenvalue weighted by atomic mass is 10.1. The van der Waals surface area contributed by atoms with Gasteiger partial charge in [0.15, 0.2) is 0 Å². The van der Waals surface area contributed by atoms with Crippen LogP contribution in [0.25, 0.3) is 0 Å². The van der Waals surface area contributed by atoms with Gasteiger partial charge in [-0.2, -0.15) is 13.2 Å². The van der Waals surface area contributed by atoms with Crippen molar-refractivity contribution in [3.05, 3.63) is 51.8 Å². The molecular weight excluding hydrogens is 289 g/mol. The number of aryl methyl sites for hydroxylation is 1. The zero-order valence-electron chi connectivity index (χ0n) is 10.9. The summed E-state index contributed by atoms with van der Waals surface area (Å²) in [5.74, 6) is -0.135. The van der Waals surface area contributed by atoms with Crippen molar-refractivity contribution in [2.24, 2.45) is 7.05 Å². The molecule has 0 spiro atoms. The average Bonchev–Trinajstić information content (AvgIpc) is 2.77. The van der Waals surface area contributed by atoms with E-state index in [0.29, 0.717) is 5.56 Å². The van der Waals surface area contributed by atoms with Crippen molar-refractivity contribution in [2.75, 3.05) is 5.32 Å². The van der Waals surface area contributed by atoms with Gasteiger partial charge in [0.1, 0.15) is 0 Å². The Morgan fingerprint density at radius 2 is 1.95 bits per heavy atom. The molecule has 0 fully saturated rings. The molecule has 1 aromatic heterocycles. The first-order chi connectivity index (χ1) is 9.79. The average molecular weight is 300 g/mol. The number of nitrogens with one attached hydrogen (secondary N) is 1. The minimum Gasteiger partial charge on any atom is -0.360 e. The molecule has 0 saturated heterocycles. The number of aromatic nitrogens is 2. The zero-order valence-corrected chi connectivity index (χ0v) is 10.9. The number of imidazole rings is 1. The number of rotatable bonds is 4. The van der Waals surface area contributed by atoms with Crippen molar-refractivity contribution in [3.8, 4) is 0 Å². The Morgan fingerprint density at radius 1 is 1.33 bits per heavy atom. The predicted molar refractivity (Wildman–Crippen MR) is 68.6 cm³/mol. The van der Waals surface area contributed by atoms with E-state index in [1.54, 1.807) is 7.05 Å². The molecule has 1 N–H and O–H groups in total. The second-order valence-corrected chi connectivity index (χ2v) is 4.33. The number of anilines is 1. The summed E-state index contributed by atoms with van der Waals surface area (Å²) < 4.78 is 38.7. The summed E-state index contributed by atoms with van der Waals surface area (Å²) in [7, 11) is 1.58. The smallest absolute Gasteiger partial charge is 0.360 e. The molecule has 0 radical (unpaired) electrons. The Balaban J connectivity index is 2.10. The molecule has 1 heterocycles. The van der Waals surface area contributed by atoms with Crippen LogP contribution in [0.1, 0.15) is 11.1 Å². The van der Waals surface area contributed by atoms with Gasteiger partial charge in [-0.05, 0) is 27.6 Å². The maximum absolute atomic E-state index is 12.4. The fraction of sp³-hybridized carbons (Fsp3) is 0.250. The number of nitro groups is 1. The Kier molecular flexibility index (Phi) is 3.83. The van der Waals surface area contributed by atoms with Gasteiger partial charge in [-0.1, -0.05) is 12.1 Å². The first-order valence-corrected chi connectivity index (χ1v) is 5.85. The lowest BCUT2D eigenvalue weighted by molar-refractivity contribution is -0.388. The van der Waals surface area contributed by atoms with Crippen LogP contribution in [0.2, 0.25) is 0 Å². The molecule has 0 unspecified atom stereocenters. The SMILES string of the molecule is Cn1cnc([N+](=O)[O-])c1NCc1ccc(C(F)(F)F)cc1. The quantitative estimate of drug-likeness (QED) is 0.696. The van der Waals surface area contributed by atoms with Gasteiger partial charge in [0.2, 0.25) is 12.1 Å². The van der Waals surface area contributed by atoms with Gasteiger partial charge in [-0.25, -0.2) is 0 Å². The van der Waals surface area contributed by atoms with E-state index < -0.39 is 16.7 Å². The van der Waals surface area contributed by atoms with E-state index in [-0.39, 0.29) is 18.2 Å². The van der Waals surface area contributed by atoms with Gasteiger partial charge in [0.25, 0.3) is 0 Å². The Bertz CT molecular complexity index is 650. The summed E-state index contributed by atoms with van der Waals surface area (Å²) in [5, 5.41) is 13.6. The molecule has 0 bridgehead atoms. The van der Waals surface area contributed by atoms with E-state index in [1.165, 1.54) is 23.0 Å². The molecule has 112 valence electrons. The van der Waals surface area contributed by atoms with Crippen LogP contribution in [0.15, 0.2) is 30.6 Å². The van der Waals surface area contributed by atoms with Gasteiger partial charge in [-0.3, -0.25) is 4.57 Å². The molecule has 6 nitrogen and oxygen atoms in total. The van der Waals surface area contributed by atoms with Crippen molar-refractivity contribution in [3.63, 3.8) is 0 Å². The normalized spacial score (nSPS) is 11.4. The molecule has 0 saturated carbocycles. The molecule has 0 atom stereocenters. The Labute approximate surface area is 117 Å². The molecule has 2 aromatic rings. The maximum atomic E-state index is 12.4. The number of benzene rings is 1. The van der Waals surface area contributed by atoms with Gasteiger partial charge < -0.3 is 15.4 Å². The second kappa shape index (κ2) is 5.43. The molecule has 0 aliphatic carbocycles. The summed E-state index contributed by atoms with van der Waals surface area (Å²) in [4.78, 5) is 13.8. The van der Waals surface area contributed by atoms with Crippen LogP contribution in [-0.2, 0) is 19.8 Å². The van der Waals surface area contributed by atoms with Crippen molar-refractivity contribution in [1.82, 2.24) is 9.55 Å². The third-order valence-electron chi connectivity index (χ3n) is 2.83. The predicted octanol–water partition coefficient (Wildman–Crippen LogP) is 2.96. The highest BCUT2D eigenvalue weighted by Crippen LogP contribution is 2.29. The highest BCUT2D eigenvalue weighted by molar-refractivity contribution is 5.52. The minimum atomic E-state index is -4.38. The summed E-state index contributed by atoms with van der Waals surface area (Å²) in [6.45, 7) is 0.151. The third kappa shape index (κ3) is 3.30. The van der Waals surface area contributed by atoms with Crippen molar-refractivity contribution in [1.29, 1.82) is 0 Å². The molecule has 0 amide bonds. The minimum absolute atomic E-state index is 0.151. The van der Waals surface area contributed by atoms with E-state index in [1.807, 2.05) is 0 Å². The van der Waals surface area contributed by atoms with Crippen LogP contribution >= 0.6 is 0 Å². The lowest BCUT2D eigenvalue weighted by Crippen LogP contribution is -2.07. The second-order valence-electron chi connectivity index (χ2n) is 4.33. The van der Waals surface area contributed by atoms with Crippen LogP contribution in [0.4, 0.5) is 24.8 Å². The molecule has 0 aliphatic heterocycles. The van der Waals surface area contributed by atoms with Crippen molar-refractivity contribution >= 4 is 11.6 Å². The first-order valence-electron chi connectivity index (χ1n) is 5.85. The summed E-state index contributed by atoms with van der Waals surface area (Å²) in [6, 6.07) is 4.57. The summed E-state index contributed by atoms with van der Waals surface area (Å²) in [6.07, 6.45) is -3.10. The van der Waals surface area contributed by atoms with Gasteiger partial charge >= 0.3 is 12.0 Å². The van der Waals surface area contributed by atoms with Crippen LogP contribution < -0.4 is 5.32 Å². The van der Waals surface area contributed by atoms with E-state index in [4.69, 9.17) is 0 Å². The maximum Gasteiger partial charge on any atom is 0.416 e. The first kappa shape index (κ1) is 14.8. The highest BCUT2D eigenvalue weighted by atomic mass is 19.4. The van der Waals surface area contributed by atoms with Crippen LogP contribution in [-0.4, -0.2) is 14.5 Å². The fourth-order valence-electron chi connectivity index (χ4n) is 1.75. The Hall–Kier alpha value is -2.58. The largest absolute Gasteiger partial charge is 0.416 e. The Morgan fingerprint density at radius 3 is 2.48 bits per heavy atom. The summed E-state index contributed by atoms with van der Waals surface area (Å²) in [5.41, 5.74) is -0.170. The van der Waals surface area contributed by atoms with Crippen LogP contribution in [0.3, 0.4) is 0 Å². The topological polar surface area (TPSA) is 73.0 Å². The van der Waals surface area contributed by atoms with Gasteiger partial charge in [0.05, 0.1) is 5.56 Å². The van der Waals surface area contributed by atoms with Gasteiger partial charge in [-0.15, -0.1) is 0 Å². The van der Waals surface area contributed by atoms with Crippen molar-refractivity contribution < 1.29 is 18.1 Å². The van der Waals surface area contributed by atoms with E-state index in [2.05, 4.69) is 10.3 Å². The van der Waals surface area contributed by atoms with Crippen LogP contribution in [0.5, 0.6) is 0 Å². The van der Waals surface area contributed by atoms with E-state index >= 15 is 0 Å². The van der Waals surface area contributed by atoms with Gasteiger partial charge in [0, 0.05) is 13.6 Å². The molecule has 9 heteroatoms. The number of halogens is 3.